The van der Waals surface area contributed by atoms with E-state index in [4.69, 9.17) is 0 Å². The SMILES string of the molecule is CC(C)=C1C2[C@@H]3C=C[C@@H]1[C@@H]2C3=O. The molecule has 0 N–H and O–H groups in total. The van der Waals surface area contributed by atoms with Gasteiger partial charge in [-0.05, 0) is 13.8 Å². The summed E-state index contributed by atoms with van der Waals surface area (Å²) in [5.41, 5.74) is 3.00. The van der Waals surface area contributed by atoms with Crippen molar-refractivity contribution in [2.75, 3.05) is 0 Å². The molecular weight excluding hydrogens is 148 g/mol. The summed E-state index contributed by atoms with van der Waals surface area (Å²) in [6.07, 6.45) is 4.35. The number of rotatable bonds is 0. The van der Waals surface area contributed by atoms with E-state index in [9.17, 15) is 4.79 Å². The van der Waals surface area contributed by atoms with Crippen molar-refractivity contribution in [1.82, 2.24) is 0 Å². The summed E-state index contributed by atoms with van der Waals surface area (Å²) in [6, 6.07) is 0. The minimum absolute atomic E-state index is 0.268. The van der Waals surface area contributed by atoms with E-state index in [0.717, 1.165) is 0 Å². The molecule has 2 fully saturated rings. The van der Waals surface area contributed by atoms with Crippen LogP contribution < -0.4 is 0 Å². The van der Waals surface area contributed by atoms with Gasteiger partial charge in [-0.1, -0.05) is 23.3 Å². The van der Waals surface area contributed by atoms with Gasteiger partial charge in [0.1, 0.15) is 5.78 Å². The van der Waals surface area contributed by atoms with Crippen molar-refractivity contribution in [3.63, 3.8) is 0 Å². The van der Waals surface area contributed by atoms with Gasteiger partial charge < -0.3 is 0 Å². The third kappa shape index (κ3) is 0.465. The lowest BCUT2D eigenvalue weighted by Gasteiger charge is -2.61. The van der Waals surface area contributed by atoms with E-state index < -0.39 is 0 Å². The van der Waals surface area contributed by atoms with Gasteiger partial charge in [-0.25, -0.2) is 0 Å². The molecule has 0 aliphatic heterocycles. The Hall–Kier alpha value is -0.850. The standard InChI is InChI=1S/C11H12O/c1-5(2)8-6-3-4-7-9(8)10(6)11(7)12/h3-4,6-7,9-10H,1-2H3/t6-,7-,9?,10-/m0/s1. The van der Waals surface area contributed by atoms with Gasteiger partial charge >= 0.3 is 0 Å². The predicted molar refractivity (Wildman–Crippen MR) is 46.5 cm³/mol. The summed E-state index contributed by atoms with van der Waals surface area (Å²) in [7, 11) is 0. The molecule has 4 aliphatic rings. The second-order valence-electron chi connectivity index (χ2n) is 4.35. The highest BCUT2D eigenvalue weighted by Gasteiger charge is 2.64. The van der Waals surface area contributed by atoms with Crippen molar-refractivity contribution >= 4 is 5.78 Å². The van der Waals surface area contributed by atoms with Crippen molar-refractivity contribution < 1.29 is 4.79 Å². The second-order valence-corrected chi connectivity index (χ2v) is 4.35. The molecule has 12 heavy (non-hydrogen) atoms. The largest absolute Gasteiger partial charge is 0.299 e. The van der Waals surface area contributed by atoms with Crippen molar-refractivity contribution in [2.24, 2.45) is 23.7 Å². The fraction of sp³-hybridized carbons (Fsp3) is 0.545. The van der Waals surface area contributed by atoms with Gasteiger partial charge in [0, 0.05) is 23.7 Å². The normalized spacial score (nSPS) is 46.8. The maximum Gasteiger partial charge on any atom is 0.144 e. The van der Waals surface area contributed by atoms with Crippen molar-refractivity contribution in [3.05, 3.63) is 23.3 Å². The molecule has 4 rings (SSSR count). The number of Topliss-reactive ketones (excluding diaryl/α,β-unsaturated/α-hetero) is 1. The number of ketones is 1. The van der Waals surface area contributed by atoms with E-state index in [0.29, 0.717) is 23.5 Å². The van der Waals surface area contributed by atoms with Crippen LogP contribution in [0.1, 0.15) is 13.8 Å². The smallest absolute Gasteiger partial charge is 0.144 e. The van der Waals surface area contributed by atoms with Crippen LogP contribution in [0, 0.1) is 23.7 Å². The molecule has 0 heterocycles. The Balaban J connectivity index is 2.10. The Morgan fingerprint density at radius 2 is 1.83 bits per heavy atom. The first-order valence-electron chi connectivity index (χ1n) is 4.61. The number of carbonyl (C=O) groups excluding carboxylic acids is 1. The minimum atomic E-state index is 0.268. The van der Waals surface area contributed by atoms with Crippen LogP contribution in [0.3, 0.4) is 0 Å². The fourth-order valence-electron chi connectivity index (χ4n) is 3.11. The van der Waals surface area contributed by atoms with Crippen LogP contribution >= 0.6 is 0 Å². The van der Waals surface area contributed by atoms with E-state index in [-0.39, 0.29) is 5.92 Å². The van der Waals surface area contributed by atoms with Crippen LogP contribution in [0.5, 0.6) is 0 Å². The zero-order valence-electron chi connectivity index (χ0n) is 7.37. The molecule has 4 bridgehead atoms. The molecule has 4 atom stereocenters. The number of hydrogen-bond acceptors (Lipinski definition) is 1. The van der Waals surface area contributed by atoms with E-state index >= 15 is 0 Å². The van der Waals surface area contributed by atoms with Crippen LogP contribution in [0.25, 0.3) is 0 Å². The molecule has 4 aliphatic carbocycles. The predicted octanol–water partition coefficient (Wildman–Crippen LogP) is 1.95. The summed E-state index contributed by atoms with van der Waals surface area (Å²) in [5.74, 6) is 2.28. The van der Waals surface area contributed by atoms with E-state index in [1.807, 2.05) is 0 Å². The van der Waals surface area contributed by atoms with Crippen LogP contribution in [-0.2, 0) is 4.79 Å². The number of carbonyl (C=O) groups is 1. The molecule has 0 saturated heterocycles. The van der Waals surface area contributed by atoms with Crippen molar-refractivity contribution in [3.8, 4) is 0 Å². The first-order valence-corrected chi connectivity index (χ1v) is 4.61. The summed E-state index contributed by atoms with van der Waals surface area (Å²) >= 11 is 0. The topological polar surface area (TPSA) is 17.1 Å². The Bertz CT molecular complexity index is 331. The summed E-state index contributed by atoms with van der Waals surface area (Å²) in [4.78, 5) is 11.4. The molecular formula is C11H12O. The molecule has 0 amide bonds. The van der Waals surface area contributed by atoms with Crippen LogP contribution in [0.2, 0.25) is 0 Å². The van der Waals surface area contributed by atoms with E-state index in [1.54, 1.807) is 5.57 Å². The maximum atomic E-state index is 11.4. The summed E-state index contributed by atoms with van der Waals surface area (Å²) in [5, 5.41) is 0. The van der Waals surface area contributed by atoms with Crippen LogP contribution in [0.4, 0.5) is 0 Å². The zero-order valence-corrected chi connectivity index (χ0v) is 7.37. The van der Waals surface area contributed by atoms with Gasteiger partial charge in [-0.2, -0.15) is 0 Å². The van der Waals surface area contributed by atoms with Gasteiger partial charge in [-0.3, -0.25) is 4.79 Å². The fourth-order valence-corrected chi connectivity index (χ4v) is 3.11. The average molecular weight is 160 g/mol. The third-order valence-corrected chi connectivity index (χ3v) is 3.64. The Labute approximate surface area is 72.2 Å². The summed E-state index contributed by atoms with van der Waals surface area (Å²) < 4.78 is 0. The summed E-state index contributed by atoms with van der Waals surface area (Å²) in [6.45, 7) is 4.33. The lowest BCUT2D eigenvalue weighted by Crippen LogP contribution is -2.62. The molecule has 0 aromatic carbocycles. The lowest BCUT2D eigenvalue weighted by atomic mass is 9.41. The molecule has 2 saturated carbocycles. The highest BCUT2D eigenvalue weighted by molar-refractivity contribution is 5.97. The van der Waals surface area contributed by atoms with Gasteiger partial charge in [-0.15, -0.1) is 0 Å². The quantitative estimate of drug-likeness (QED) is 0.495. The molecule has 1 unspecified atom stereocenters. The number of allylic oxidation sites excluding steroid dienone is 4. The first-order chi connectivity index (χ1) is 5.72. The van der Waals surface area contributed by atoms with Gasteiger partial charge in [0.15, 0.2) is 0 Å². The Morgan fingerprint density at radius 1 is 1.17 bits per heavy atom. The molecule has 0 aromatic rings. The zero-order chi connectivity index (χ0) is 8.46. The Morgan fingerprint density at radius 3 is 2.25 bits per heavy atom. The monoisotopic (exact) mass is 160 g/mol. The lowest BCUT2D eigenvalue weighted by molar-refractivity contribution is -0.148. The first kappa shape index (κ1) is 6.64. The van der Waals surface area contributed by atoms with E-state index in [1.165, 1.54) is 5.57 Å². The highest BCUT2D eigenvalue weighted by atomic mass is 16.1. The average Bonchev–Trinajstić information content (AvgIpc) is 2.03. The minimum Gasteiger partial charge on any atom is -0.299 e. The van der Waals surface area contributed by atoms with Crippen molar-refractivity contribution in [1.29, 1.82) is 0 Å². The molecule has 0 radical (unpaired) electrons. The van der Waals surface area contributed by atoms with Gasteiger partial charge in [0.25, 0.3) is 0 Å². The molecule has 0 aromatic heterocycles. The van der Waals surface area contributed by atoms with Gasteiger partial charge in [0.05, 0.1) is 0 Å². The third-order valence-electron chi connectivity index (χ3n) is 3.64. The molecule has 62 valence electrons. The highest BCUT2D eigenvalue weighted by Crippen LogP contribution is 2.63. The van der Waals surface area contributed by atoms with E-state index in [2.05, 4.69) is 26.0 Å². The van der Waals surface area contributed by atoms with Crippen molar-refractivity contribution in [2.45, 2.75) is 13.8 Å². The molecule has 1 heteroatoms. The maximum absolute atomic E-state index is 11.4. The number of hydrogen-bond donors (Lipinski definition) is 0. The molecule has 1 nitrogen and oxygen atoms in total. The Kier molecular flexibility index (Phi) is 0.959. The van der Waals surface area contributed by atoms with Crippen LogP contribution in [0.15, 0.2) is 23.3 Å². The second kappa shape index (κ2) is 1.73. The van der Waals surface area contributed by atoms with Gasteiger partial charge in [0.2, 0.25) is 0 Å². The molecule has 0 spiro atoms. The van der Waals surface area contributed by atoms with Crippen LogP contribution in [-0.4, -0.2) is 5.78 Å².